The van der Waals surface area contributed by atoms with Crippen molar-refractivity contribution in [2.24, 2.45) is 0 Å². The van der Waals surface area contributed by atoms with Crippen LogP contribution in [0.1, 0.15) is 11.1 Å². The Bertz CT molecular complexity index is 638. The molecule has 1 aromatic carbocycles. The van der Waals surface area contributed by atoms with Crippen molar-refractivity contribution in [1.82, 2.24) is 9.97 Å². The number of fused-ring (bicyclic) bond motifs is 1. The van der Waals surface area contributed by atoms with Crippen molar-refractivity contribution in [1.29, 1.82) is 0 Å². The summed E-state index contributed by atoms with van der Waals surface area (Å²) in [5.41, 5.74) is 9.93. The third-order valence-corrected chi connectivity index (χ3v) is 2.91. The lowest BCUT2D eigenvalue weighted by molar-refractivity contribution is 1.21. The third kappa shape index (κ3) is 1.87. The molecule has 0 atom stereocenters. The average Bonchev–Trinajstić information content (AvgIpc) is 2.76. The lowest BCUT2D eigenvalue weighted by atomic mass is 10.1. The molecular weight excluding hydrogens is 210 g/mol. The molecule has 3 heteroatoms. The van der Waals surface area contributed by atoms with Crippen LogP contribution in [-0.2, 0) is 6.42 Å². The molecule has 2 aromatic heterocycles. The summed E-state index contributed by atoms with van der Waals surface area (Å²) in [4.78, 5) is 7.47. The van der Waals surface area contributed by atoms with Gasteiger partial charge < -0.3 is 10.7 Å². The van der Waals surface area contributed by atoms with Gasteiger partial charge in [-0.3, -0.25) is 0 Å². The van der Waals surface area contributed by atoms with Crippen LogP contribution < -0.4 is 5.73 Å². The Morgan fingerprint density at radius 1 is 1.12 bits per heavy atom. The molecule has 0 bridgehead atoms. The maximum atomic E-state index is 5.67. The number of nitrogens with zero attached hydrogens (tertiary/aromatic N) is 1. The van der Waals surface area contributed by atoms with Gasteiger partial charge in [0.1, 0.15) is 5.65 Å². The van der Waals surface area contributed by atoms with Crippen molar-refractivity contribution in [3.8, 4) is 0 Å². The molecule has 0 spiro atoms. The molecule has 3 aromatic rings. The number of hydrogen-bond donors (Lipinski definition) is 2. The molecule has 0 saturated carbocycles. The Labute approximate surface area is 99.3 Å². The van der Waals surface area contributed by atoms with E-state index in [2.05, 4.69) is 28.2 Å². The van der Waals surface area contributed by atoms with E-state index in [9.17, 15) is 0 Å². The number of nitrogens with two attached hydrogens (primary N) is 1. The highest BCUT2D eigenvalue weighted by molar-refractivity contribution is 5.79. The maximum absolute atomic E-state index is 5.67. The number of nitrogen functional groups attached to an aromatic ring is 1. The van der Waals surface area contributed by atoms with Crippen LogP contribution in [0, 0.1) is 0 Å². The van der Waals surface area contributed by atoms with Crippen LogP contribution in [0.4, 0.5) is 5.69 Å². The number of nitrogens with one attached hydrogen (secondary N) is 1. The van der Waals surface area contributed by atoms with Gasteiger partial charge in [0, 0.05) is 23.5 Å². The Morgan fingerprint density at radius 2 is 1.94 bits per heavy atom. The van der Waals surface area contributed by atoms with Crippen molar-refractivity contribution >= 4 is 16.7 Å². The van der Waals surface area contributed by atoms with E-state index in [1.54, 1.807) is 6.20 Å². The Balaban J connectivity index is 1.97. The van der Waals surface area contributed by atoms with E-state index < -0.39 is 0 Å². The van der Waals surface area contributed by atoms with Crippen molar-refractivity contribution in [3.63, 3.8) is 0 Å². The molecule has 0 saturated heterocycles. The molecule has 0 aliphatic heterocycles. The minimum Gasteiger partial charge on any atom is -0.399 e. The van der Waals surface area contributed by atoms with Crippen LogP contribution in [-0.4, -0.2) is 9.97 Å². The number of aromatic amines is 1. The lowest BCUT2D eigenvalue weighted by Gasteiger charge is -2.00. The van der Waals surface area contributed by atoms with E-state index in [0.717, 1.165) is 17.8 Å². The highest BCUT2D eigenvalue weighted by atomic mass is 14.8. The normalized spacial score (nSPS) is 10.8. The number of hydrogen-bond acceptors (Lipinski definition) is 2. The van der Waals surface area contributed by atoms with E-state index in [4.69, 9.17) is 5.73 Å². The number of pyridine rings is 1. The first kappa shape index (κ1) is 9.90. The zero-order valence-electron chi connectivity index (χ0n) is 9.35. The first-order valence-corrected chi connectivity index (χ1v) is 5.58. The minimum atomic E-state index is 0.800. The smallest absolute Gasteiger partial charge is 0.137 e. The average molecular weight is 223 g/mol. The number of rotatable bonds is 2. The van der Waals surface area contributed by atoms with Gasteiger partial charge in [-0.15, -0.1) is 0 Å². The van der Waals surface area contributed by atoms with Crippen molar-refractivity contribution in [3.05, 3.63) is 59.9 Å². The summed E-state index contributed by atoms with van der Waals surface area (Å²) in [6.07, 6.45) is 4.71. The van der Waals surface area contributed by atoms with Crippen LogP contribution in [0.3, 0.4) is 0 Å². The standard InChI is InChI=1S/C14H13N3/c15-12-5-3-10(4-6-12)8-11-9-17-14-13(11)2-1-7-16-14/h1-7,9H,8,15H2,(H,16,17). The maximum Gasteiger partial charge on any atom is 0.137 e. The molecule has 0 amide bonds. The van der Waals surface area contributed by atoms with Gasteiger partial charge in [0.25, 0.3) is 0 Å². The van der Waals surface area contributed by atoms with Crippen LogP contribution in [0.25, 0.3) is 11.0 Å². The summed E-state index contributed by atoms with van der Waals surface area (Å²) in [5, 5.41) is 1.18. The van der Waals surface area contributed by atoms with Gasteiger partial charge in [0.05, 0.1) is 0 Å². The van der Waals surface area contributed by atoms with E-state index in [1.165, 1.54) is 16.5 Å². The second kappa shape index (κ2) is 3.94. The van der Waals surface area contributed by atoms with Crippen LogP contribution in [0.15, 0.2) is 48.8 Å². The van der Waals surface area contributed by atoms with Crippen LogP contribution >= 0.6 is 0 Å². The summed E-state index contributed by atoms with van der Waals surface area (Å²) in [6, 6.07) is 12.0. The summed E-state index contributed by atoms with van der Waals surface area (Å²) in [5.74, 6) is 0. The predicted octanol–water partition coefficient (Wildman–Crippen LogP) is 2.74. The van der Waals surface area contributed by atoms with Gasteiger partial charge in [-0.1, -0.05) is 12.1 Å². The molecular formula is C14H13N3. The molecule has 3 rings (SSSR count). The largest absolute Gasteiger partial charge is 0.399 e. The van der Waals surface area contributed by atoms with E-state index in [0.29, 0.717) is 0 Å². The fourth-order valence-electron chi connectivity index (χ4n) is 2.01. The summed E-state index contributed by atoms with van der Waals surface area (Å²) in [7, 11) is 0. The molecule has 3 N–H and O–H groups in total. The van der Waals surface area contributed by atoms with Gasteiger partial charge >= 0.3 is 0 Å². The monoisotopic (exact) mass is 223 g/mol. The highest BCUT2D eigenvalue weighted by Gasteiger charge is 2.04. The predicted molar refractivity (Wildman–Crippen MR) is 69.8 cm³/mol. The van der Waals surface area contributed by atoms with Gasteiger partial charge in [-0.25, -0.2) is 4.98 Å². The van der Waals surface area contributed by atoms with Gasteiger partial charge in [-0.05, 0) is 41.8 Å². The SMILES string of the molecule is Nc1ccc(Cc2c[nH]c3ncccc23)cc1. The molecule has 0 aliphatic carbocycles. The molecule has 17 heavy (non-hydrogen) atoms. The Hall–Kier alpha value is -2.29. The highest BCUT2D eigenvalue weighted by Crippen LogP contribution is 2.19. The Morgan fingerprint density at radius 3 is 2.76 bits per heavy atom. The molecule has 3 nitrogen and oxygen atoms in total. The van der Waals surface area contributed by atoms with E-state index >= 15 is 0 Å². The summed E-state index contributed by atoms with van der Waals surface area (Å²) < 4.78 is 0. The zero-order valence-corrected chi connectivity index (χ0v) is 9.35. The minimum absolute atomic E-state index is 0.800. The molecule has 2 heterocycles. The van der Waals surface area contributed by atoms with Gasteiger partial charge in [0.15, 0.2) is 0 Å². The number of anilines is 1. The summed E-state index contributed by atoms with van der Waals surface area (Å²) >= 11 is 0. The molecule has 0 radical (unpaired) electrons. The topological polar surface area (TPSA) is 54.7 Å². The second-order valence-corrected chi connectivity index (χ2v) is 4.13. The molecule has 0 unspecified atom stereocenters. The van der Waals surface area contributed by atoms with E-state index in [1.807, 2.05) is 24.4 Å². The fraction of sp³-hybridized carbons (Fsp3) is 0.0714. The number of aromatic nitrogens is 2. The fourth-order valence-corrected chi connectivity index (χ4v) is 2.01. The zero-order chi connectivity index (χ0) is 11.7. The molecule has 0 fully saturated rings. The van der Waals surface area contributed by atoms with Gasteiger partial charge in [0.2, 0.25) is 0 Å². The quantitative estimate of drug-likeness (QED) is 0.656. The van der Waals surface area contributed by atoms with Crippen molar-refractivity contribution in [2.45, 2.75) is 6.42 Å². The number of benzene rings is 1. The van der Waals surface area contributed by atoms with Crippen molar-refractivity contribution in [2.75, 3.05) is 5.73 Å². The third-order valence-electron chi connectivity index (χ3n) is 2.91. The second-order valence-electron chi connectivity index (χ2n) is 4.13. The first-order chi connectivity index (χ1) is 8.33. The van der Waals surface area contributed by atoms with Crippen LogP contribution in [0.5, 0.6) is 0 Å². The number of H-pyrrole nitrogens is 1. The first-order valence-electron chi connectivity index (χ1n) is 5.58. The van der Waals surface area contributed by atoms with Gasteiger partial charge in [-0.2, -0.15) is 0 Å². The van der Waals surface area contributed by atoms with E-state index in [-0.39, 0.29) is 0 Å². The van der Waals surface area contributed by atoms with Crippen molar-refractivity contribution < 1.29 is 0 Å². The van der Waals surface area contributed by atoms with Crippen LogP contribution in [0.2, 0.25) is 0 Å². The molecule has 0 aliphatic rings. The lowest BCUT2D eigenvalue weighted by Crippen LogP contribution is -1.89. The molecule has 84 valence electrons. The Kier molecular flexibility index (Phi) is 2.29. The summed E-state index contributed by atoms with van der Waals surface area (Å²) in [6.45, 7) is 0.